The van der Waals surface area contributed by atoms with E-state index < -0.39 is 0 Å². The van der Waals surface area contributed by atoms with Crippen LogP contribution < -0.4 is 5.32 Å². The lowest BCUT2D eigenvalue weighted by Gasteiger charge is -2.08. The number of benzene rings is 3. The van der Waals surface area contributed by atoms with Gasteiger partial charge in [0.05, 0.1) is 6.42 Å². The number of anilines is 1. The Labute approximate surface area is 151 Å². The molecule has 0 radical (unpaired) electrons. The van der Waals surface area contributed by atoms with Gasteiger partial charge in [0.1, 0.15) is 5.82 Å². The molecular weight excluding hydrogens is 333 g/mol. The fraction of sp³-hybridized carbons (Fsp3) is 0.0952. The lowest BCUT2D eigenvalue weighted by Crippen LogP contribution is -2.14. The van der Waals surface area contributed by atoms with Crippen LogP contribution in [0.2, 0.25) is 0 Å². The highest BCUT2D eigenvalue weighted by molar-refractivity contribution is 7.98. The molecule has 0 aromatic heterocycles. The maximum absolute atomic E-state index is 13.7. The van der Waals surface area contributed by atoms with Gasteiger partial charge in [-0.2, -0.15) is 0 Å². The SMILES string of the molecule is O=C(Cc1ccccc1)Nc1cccc(SCc2ccccc2F)c1. The van der Waals surface area contributed by atoms with Crippen LogP contribution in [0.3, 0.4) is 0 Å². The Balaban J connectivity index is 1.59. The Bertz CT molecular complexity index is 851. The molecule has 2 nitrogen and oxygen atoms in total. The number of amides is 1. The van der Waals surface area contributed by atoms with Gasteiger partial charge >= 0.3 is 0 Å². The molecule has 1 N–H and O–H groups in total. The molecule has 1 amide bonds. The summed E-state index contributed by atoms with van der Waals surface area (Å²) in [6.45, 7) is 0. The Morgan fingerprint density at radius 3 is 2.48 bits per heavy atom. The van der Waals surface area contributed by atoms with Crippen LogP contribution in [0.5, 0.6) is 0 Å². The lowest BCUT2D eigenvalue weighted by molar-refractivity contribution is -0.115. The first-order valence-electron chi connectivity index (χ1n) is 8.01. The molecule has 126 valence electrons. The fourth-order valence-corrected chi connectivity index (χ4v) is 3.37. The Morgan fingerprint density at radius 2 is 1.68 bits per heavy atom. The molecule has 0 aliphatic rings. The number of carbonyl (C=O) groups is 1. The third-order valence-electron chi connectivity index (χ3n) is 3.68. The van der Waals surface area contributed by atoms with Crippen LogP contribution in [0.15, 0.2) is 83.8 Å². The molecule has 3 rings (SSSR count). The molecule has 25 heavy (non-hydrogen) atoms. The summed E-state index contributed by atoms with van der Waals surface area (Å²) >= 11 is 1.54. The van der Waals surface area contributed by atoms with Crippen molar-refractivity contribution in [2.45, 2.75) is 17.1 Å². The van der Waals surface area contributed by atoms with Crippen molar-refractivity contribution in [3.05, 3.63) is 95.8 Å². The van der Waals surface area contributed by atoms with Crippen LogP contribution in [0, 0.1) is 5.82 Å². The summed E-state index contributed by atoms with van der Waals surface area (Å²) in [6, 6.07) is 24.0. The van der Waals surface area contributed by atoms with Crippen LogP contribution in [0.25, 0.3) is 0 Å². The number of hydrogen-bond donors (Lipinski definition) is 1. The van der Waals surface area contributed by atoms with E-state index >= 15 is 0 Å². The predicted molar refractivity (Wildman–Crippen MR) is 101 cm³/mol. The molecule has 0 saturated heterocycles. The van der Waals surface area contributed by atoms with Crippen molar-refractivity contribution in [3.8, 4) is 0 Å². The molecule has 0 fully saturated rings. The minimum Gasteiger partial charge on any atom is -0.326 e. The largest absolute Gasteiger partial charge is 0.326 e. The monoisotopic (exact) mass is 351 g/mol. The van der Waals surface area contributed by atoms with Gasteiger partial charge < -0.3 is 5.32 Å². The average molecular weight is 351 g/mol. The van der Waals surface area contributed by atoms with E-state index in [1.807, 2.05) is 60.7 Å². The van der Waals surface area contributed by atoms with E-state index in [1.54, 1.807) is 23.9 Å². The first kappa shape index (κ1) is 17.2. The quantitative estimate of drug-likeness (QED) is 0.611. The maximum Gasteiger partial charge on any atom is 0.228 e. The lowest BCUT2D eigenvalue weighted by atomic mass is 10.1. The van der Waals surface area contributed by atoms with Crippen LogP contribution in [-0.4, -0.2) is 5.91 Å². The van der Waals surface area contributed by atoms with E-state index in [4.69, 9.17) is 0 Å². The molecule has 4 heteroatoms. The number of carbonyl (C=O) groups excluding carboxylic acids is 1. The molecule has 0 saturated carbocycles. The van der Waals surface area contributed by atoms with Crippen LogP contribution in [-0.2, 0) is 17.0 Å². The van der Waals surface area contributed by atoms with E-state index in [0.29, 0.717) is 17.7 Å². The van der Waals surface area contributed by atoms with E-state index in [2.05, 4.69) is 5.32 Å². The van der Waals surface area contributed by atoms with E-state index in [9.17, 15) is 9.18 Å². The van der Waals surface area contributed by atoms with Crippen LogP contribution in [0.1, 0.15) is 11.1 Å². The second-order valence-electron chi connectivity index (χ2n) is 5.62. The minimum absolute atomic E-state index is 0.0533. The van der Waals surface area contributed by atoms with Gasteiger partial charge in [-0.05, 0) is 35.4 Å². The van der Waals surface area contributed by atoms with Crippen molar-refractivity contribution < 1.29 is 9.18 Å². The van der Waals surface area contributed by atoms with Crippen LogP contribution >= 0.6 is 11.8 Å². The molecule has 0 spiro atoms. The molecule has 0 aliphatic heterocycles. The number of hydrogen-bond acceptors (Lipinski definition) is 2. The highest BCUT2D eigenvalue weighted by Crippen LogP contribution is 2.26. The zero-order valence-electron chi connectivity index (χ0n) is 13.6. The van der Waals surface area contributed by atoms with Gasteiger partial charge in [0.15, 0.2) is 0 Å². The number of nitrogens with one attached hydrogen (secondary N) is 1. The normalized spacial score (nSPS) is 10.4. The highest BCUT2D eigenvalue weighted by Gasteiger charge is 2.06. The summed E-state index contributed by atoms with van der Waals surface area (Å²) in [5.41, 5.74) is 2.40. The topological polar surface area (TPSA) is 29.1 Å². The van der Waals surface area contributed by atoms with Crippen molar-refractivity contribution in [2.24, 2.45) is 0 Å². The molecule has 3 aromatic carbocycles. The van der Waals surface area contributed by atoms with Crippen molar-refractivity contribution in [1.29, 1.82) is 0 Å². The summed E-state index contributed by atoms with van der Waals surface area (Å²) in [6.07, 6.45) is 0.341. The molecule has 0 heterocycles. The highest BCUT2D eigenvalue weighted by atomic mass is 32.2. The van der Waals surface area contributed by atoms with Gasteiger partial charge in [-0.15, -0.1) is 11.8 Å². The zero-order chi connectivity index (χ0) is 17.5. The summed E-state index contributed by atoms with van der Waals surface area (Å²) in [5.74, 6) is 0.304. The second kappa shape index (κ2) is 8.49. The van der Waals surface area contributed by atoms with E-state index in [1.165, 1.54) is 6.07 Å². The standard InChI is InChI=1S/C21H18FNOS/c22-20-12-5-4-9-17(20)15-25-19-11-6-10-18(14-19)23-21(24)13-16-7-2-1-3-8-16/h1-12,14H,13,15H2,(H,23,24). The summed E-state index contributed by atoms with van der Waals surface area (Å²) in [4.78, 5) is 13.1. The number of rotatable bonds is 6. The molecule has 0 bridgehead atoms. The van der Waals surface area contributed by atoms with Gasteiger partial charge in [0.25, 0.3) is 0 Å². The van der Waals surface area contributed by atoms with Crippen molar-refractivity contribution in [3.63, 3.8) is 0 Å². The molecule has 0 aliphatic carbocycles. The van der Waals surface area contributed by atoms with Gasteiger partial charge in [-0.3, -0.25) is 4.79 Å². The summed E-state index contributed by atoms with van der Waals surface area (Å²) < 4.78 is 13.7. The van der Waals surface area contributed by atoms with Crippen molar-refractivity contribution in [2.75, 3.05) is 5.32 Å². The maximum atomic E-state index is 13.7. The Hall–Kier alpha value is -2.59. The number of thioether (sulfide) groups is 1. The fourth-order valence-electron chi connectivity index (χ4n) is 2.43. The van der Waals surface area contributed by atoms with Crippen molar-refractivity contribution in [1.82, 2.24) is 0 Å². The zero-order valence-corrected chi connectivity index (χ0v) is 14.4. The van der Waals surface area contributed by atoms with Gasteiger partial charge in [-0.25, -0.2) is 4.39 Å². The van der Waals surface area contributed by atoms with Gasteiger partial charge in [-0.1, -0.05) is 54.6 Å². The van der Waals surface area contributed by atoms with E-state index in [-0.39, 0.29) is 11.7 Å². The minimum atomic E-state index is -0.192. The average Bonchev–Trinajstić information content (AvgIpc) is 2.62. The first-order chi connectivity index (χ1) is 12.2. The molecule has 0 atom stereocenters. The smallest absolute Gasteiger partial charge is 0.228 e. The van der Waals surface area contributed by atoms with E-state index in [0.717, 1.165) is 16.1 Å². The first-order valence-corrected chi connectivity index (χ1v) is 8.99. The molecule has 3 aromatic rings. The third-order valence-corrected chi connectivity index (χ3v) is 4.72. The summed E-state index contributed by atoms with van der Waals surface area (Å²) in [7, 11) is 0. The van der Waals surface area contributed by atoms with Gasteiger partial charge in [0, 0.05) is 16.3 Å². The predicted octanol–water partition coefficient (Wildman–Crippen LogP) is 5.30. The van der Waals surface area contributed by atoms with Crippen LogP contribution in [0.4, 0.5) is 10.1 Å². The Morgan fingerprint density at radius 1 is 0.920 bits per heavy atom. The van der Waals surface area contributed by atoms with Gasteiger partial charge in [0.2, 0.25) is 5.91 Å². The summed E-state index contributed by atoms with van der Waals surface area (Å²) in [5, 5.41) is 2.91. The molecule has 0 unspecified atom stereocenters. The number of halogens is 1. The second-order valence-corrected chi connectivity index (χ2v) is 6.67. The third kappa shape index (κ3) is 5.19. The Kier molecular flexibility index (Phi) is 5.86. The molecular formula is C21H18FNOS. The van der Waals surface area contributed by atoms with Crippen molar-refractivity contribution >= 4 is 23.4 Å².